The van der Waals surface area contributed by atoms with Crippen molar-refractivity contribution >= 4 is 87.8 Å². The molecule has 4 fully saturated rings. The number of aliphatic hydroxyl groups excluding tert-OH is 1. The van der Waals surface area contributed by atoms with Crippen molar-refractivity contribution in [3.8, 4) is 23.5 Å². The van der Waals surface area contributed by atoms with Crippen molar-refractivity contribution in [1.82, 2.24) is 74.8 Å². The molecule has 35 nitrogen and oxygen atoms in total. The number of hydrogen-bond donors (Lipinski definition) is 3. The number of fused-ring (bicyclic) bond motifs is 1. The predicted molar refractivity (Wildman–Crippen MR) is 480 cm³/mol. The van der Waals surface area contributed by atoms with Gasteiger partial charge in [0.15, 0.2) is 10.8 Å². The maximum Gasteiger partial charge on any atom is 0.534 e. The maximum absolute atomic E-state index is 14.0. The zero-order valence-corrected chi connectivity index (χ0v) is 79.8. The summed E-state index contributed by atoms with van der Waals surface area (Å²) in [5, 5.41) is 13.0. The molecule has 714 valence electrons. The number of benzene rings is 1. The van der Waals surface area contributed by atoms with E-state index in [0.717, 1.165) is 85.1 Å². The number of piperidine rings is 2. The number of alkyl halides is 4. The molecule has 1 saturated carbocycles. The molecule has 7 aliphatic rings. The fraction of sp³-hybridized carbons (Fsp3) is 0.605. The van der Waals surface area contributed by atoms with Crippen LogP contribution < -0.4 is 34.7 Å². The highest BCUT2D eigenvalue weighted by Crippen LogP contribution is 2.48. The number of H-pyrrole nitrogens is 1. The van der Waals surface area contributed by atoms with Crippen molar-refractivity contribution in [2.45, 2.75) is 225 Å². The van der Waals surface area contributed by atoms with Gasteiger partial charge in [0.25, 0.3) is 11.4 Å². The van der Waals surface area contributed by atoms with Gasteiger partial charge in [-0.05, 0) is 211 Å². The Hall–Kier alpha value is -10.1. The Kier molecular flexibility index (Phi) is 39.4. The molecule has 1 aliphatic carbocycles. The first-order valence-electron chi connectivity index (χ1n) is 42.0. The second kappa shape index (κ2) is 47.2. The smallest absolute Gasteiger partial charge is 0.480 e. The number of nitrogens with one attached hydrogen (secondary N) is 2. The molecular formula is C86H125BCl2F4N16O19S. The van der Waals surface area contributed by atoms with Crippen molar-refractivity contribution in [3.05, 3.63) is 136 Å². The molecular weight excluding hydrogens is 1750 g/mol. The molecule has 4 amide bonds. The lowest BCUT2D eigenvalue weighted by atomic mass is 9.75. The summed E-state index contributed by atoms with van der Waals surface area (Å²) in [6, 6.07) is 5.23. The van der Waals surface area contributed by atoms with Crippen molar-refractivity contribution < 1.29 is 102 Å². The molecule has 43 heteroatoms. The van der Waals surface area contributed by atoms with E-state index < -0.39 is 49.8 Å². The van der Waals surface area contributed by atoms with Gasteiger partial charge in [-0.15, -0.1) is 12.4 Å². The Balaban J connectivity index is 0.000000234. The highest BCUT2D eigenvalue weighted by Gasteiger charge is 2.53. The Bertz CT molecular complexity index is 4940. The number of halogens is 6. The van der Waals surface area contributed by atoms with Gasteiger partial charge in [-0.1, -0.05) is 23.8 Å². The fourth-order valence-electron chi connectivity index (χ4n) is 12.8. The van der Waals surface area contributed by atoms with Crippen LogP contribution in [0.25, 0.3) is 16.5 Å². The predicted octanol–water partition coefficient (Wildman–Crippen LogP) is 14.5. The average molecular weight is 1880 g/mol. The van der Waals surface area contributed by atoms with E-state index in [9.17, 15) is 50.0 Å². The number of carbonyl (C=O) groups excluding carboxylic acids is 4. The number of methoxy groups -OCH3 is 4. The number of rotatable bonds is 14. The van der Waals surface area contributed by atoms with E-state index in [1.54, 1.807) is 106 Å². The van der Waals surface area contributed by atoms with Gasteiger partial charge in [-0.3, -0.25) is 14.8 Å². The quantitative estimate of drug-likeness (QED) is 0.0300. The Labute approximate surface area is 763 Å². The van der Waals surface area contributed by atoms with Crippen LogP contribution in [0.1, 0.15) is 203 Å². The molecule has 0 radical (unpaired) electrons. The first-order chi connectivity index (χ1) is 59.8. The molecule has 3 N–H and O–H groups in total. The number of anilines is 1. The number of aliphatic hydroxyl groups is 1. The number of likely N-dealkylation sites (N-methyl/N-ethyl adjacent to an activating group) is 1. The topological polar surface area (TPSA) is 401 Å². The van der Waals surface area contributed by atoms with Crippen LogP contribution >= 0.6 is 24.0 Å². The van der Waals surface area contributed by atoms with Gasteiger partial charge in [-0.2, -0.15) is 21.6 Å². The van der Waals surface area contributed by atoms with E-state index in [1.165, 1.54) is 24.4 Å². The van der Waals surface area contributed by atoms with Crippen LogP contribution in [0, 0.1) is 0 Å². The minimum Gasteiger partial charge on any atom is -0.480 e. The van der Waals surface area contributed by atoms with Crippen LogP contribution in [0.2, 0.25) is 5.15 Å². The van der Waals surface area contributed by atoms with Crippen LogP contribution in [0.4, 0.5) is 42.4 Å². The third kappa shape index (κ3) is 33.4. The number of aromatic nitrogens is 10. The van der Waals surface area contributed by atoms with E-state index in [2.05, 4.69) is 59.3 Å². The van der Waals surface area contributed by atoms with Gasteiger partial charge in [0.05, 0.1) is 57.2 Å². The number of carbonyl (C=O) groups is 4. The van der Waals surface area contributed by atoms with Crippen molar-refractivity contribution in [3.63, 3.8) is 0 Å². The van der Waals surface area contributed by atoms with E-state index >= 15 is 0 Å². The third-order valence-electron chi connectivity index (χ3n) is 20.3. The van der Waals surface area contributed by atoms with Crippen molar-refractivity contribution in [2.75, 3.05) is 119 Å². The number of ether oxygens (including phenoxy) is 8. The van der Waals surface area contributed by atoms with Gasteiger partial charge in [0.1, 0.15) is 51.1 Å². The summed E-state index contributed by atoms with van der Waals surface area (Å²) in [6.45, 7) is 36.2. The lowest BCUT2D eigenvalue weighted by Crippen LogP contribution is -2.41. The Morgan fingerprint density at radius 3 is 1.42 bits per heavy atom. The SMILES string of the molecule is CC(C)(C)OC(=O)N1CC=C(B2OC(C)(C)C(C)(C)O2)CC1.CC(C)(C)OC(=O)N1CC=C(OS(=O)(=O)C(F)(F)F)CC1.CN(CCO)c1ccc2nc(C3(F)CC3)[nH]c(=O)c2c1.COc1nccnc1C1=CCN(C(=O)OC(C)(C)C)CC1.COc1nccnc1C1CCN(C(=O)OC(C)(C)C)CC1.COc1nccnc1C1CCNCC1.COc1nccnc1Cl.Cl. The van der Waals surface area contributed by atoms with Crippen molar-refractivity contribution in [1.29, 1.82) is 0 Å². The summed E-state index contributed by atoms with van der Waals surface area (Å²) >= 11 is 5.53. The second-order valence-corrected chi connectivity index (χ2v) is 37.3. The van der Waals surface area contributed by atoms with Crippen LogP contribution in [0.3, 0.4) is 0 Å². The number of amides is 4. The summed E-state index contributed by atoms with van der Waals surface area (Å²) in [4.78, 5) is 108. The maximum atomic E-state index is 14.0. The molecule has 3 saturated heterocycles. The molecule has 6 aromatic rings. The normalized spacial score (nSPS) is 17.3. The van der Waals surface area contributed by atoms with E-state index in [4.69, 9.17) is 63.9 Å². The molecule has 11 heterocycles. The summed E-state index contributed by atoms with van der Waals surface area (Å²) in [5.41, 5.74) is -3.92. The molecule has 0 unspecified atom stereocenters. The highest BCUT2D eigenvalue weighted by atomic mass is 35.5. The molecule has 0 atom stereocenters. The van der Waals surface area contributed by atoms with Gasteiger partial charge in [-0.25, -0.2) is 58.5 Å². The minimum absolute atomic E-state index is 0. The second-order valence-electron chi connectivity index (χ2n) is 35.4. The first-order valence-corrected chi connectivity index (χ1v) is 43.8. The van der Waals surface area contributed by atoms with E-state index in [0.29, 0.717) is 111 Å². The molecule has 129 heavy (non-hydrogen) atoms. The zero-order valence-electron chi connectivity index (χ0n) is 77.4. The number of nitrogens with zero attached hydrogens (tertiary/aromatic N) is 14. The van der Waals surface area contributed by atoms with Gasteiger partial charge >= 0.3 is 47.1 Å². The lowest BCUT2D eigenvalue weighted by molar-refractivity contribution is -0.0526. The van der Waals surface area contributed by atoms with Gasteiger partial charge < -0.3 is 91.3 Å². The first kappa shape index (κ1) is 108. The van der Waals surface area contributed by atoms with Crippen molar-refractivity contribution in [2.24, 2.45) is 0 Å². The van der Waals surface area contributed by atoms with Gasteiger partial charge in [0, 0.05) is 139 Å². The monoisotopic (exact) mass is 1870 g/mol. The number of aromatic amines is 1. The Morgan fingerprint density at radius 2 is 1.01 bits per heavy atom. The molecule has 6 aliphatic heterocycles. The standard InChI is InChI=1S/C16H28BNO4.C15H23N3O3.C15H21N3O3.C14H16FN3O2.C11H16F3NO5S.C10H15N3O.C5H5ClN2O.ClH/c1-14(2,3)20-13(19)18-10-8-12(9-11-18)17-21-15(4,5)16(6,7)22-17;2*1-15(2,3)21-14(19)18-9-5-11(6-10-18)12-13(20-4)17-8-7-16-12;1-18(6-7-19)9-2-3-11-10(8-9)12(20)17-13(16-11)14(15)4-5-14;1-10(2,3)19-9(16)15-6-4-8(5-7-15)20-21(17,18)11(12,13)14;1-14-10-9(12-6-7-13-10)8-2-4-11-5-3-8;1-9-5-4(6)7-2-3-8-5;/h8H,9-11H2,1-7H3;7-8,11H,5-6,9-10H2,1-4H3;5,7-8H,6,9-10H2,1-4H3;2-3,8,19H,4-7H2,1H3,(H,16,17,20);4H,5-7H2,1-3H3;6-8,11H,2-5H2,1H3;2-3H,1H3;1H. The van der Waals surface area contributed by atoms with E-state index in [1.807, 2.05) is 120 Å². The van der Waals surface area contributed by atoms with Gasteiger partial charge in [0.2, 0.25) is 17.6 Å². The lowest BCUT2D eigenvalue weighted by Gasteiger charge is -2.33. The van der Waals surface area contributed by atoms with Crippen LogP contribution in [-0.4, -0.2) is 268 Å². The molecule has 13 rings (SSSR count). The average Bonchev–Trinajstić information content (AvgIpc) is 1.57. The third-order valence-corrected chi connectivity index (χ3v) is 21.6. The summed E-state index contributed by atoms with van der Waals surface area (Å²) in [7, 11) is 2.16. The molecule has 1 aromatic carbocycles. The molecule has 0 bridgehead atoms. The highest BCUT2D eigenvalue weighted by molar-refractivity contribution is 7.87. The summed E-state index contributed by atoms with van der Waals surface area (Å²) in [5.74, 6) is 2.69. The summed E-state index contributed by atoms with van der Waals surface area (Å²) < 4.78 is 130. The minimum atomic E-state index is -5.67. The van der Waals surface area contributed by atoms with Crippen LogP contribution in [-0.2, 0) is 48.2 Å². The van der Waals surface area contributed by atoms with Crippen LogP contribution in [0.5, 0.6) is 23.5 Å². The fourth-order valence-corrected chi connectivity index (χ4v) is 13.5. The largest absolute Gasteiger partial charge is 0.534 e. The van der Waals surface area contributed by atoms with Crippen LogP contribution in [0.15, 0.2) is 102 Å². The summed E-state index contributed by atoms with van der Waals surface area (Å²) in [6.07, 6.45) is 22.7. The number of hydrogen-bond acceptors (Lipinski definition) is 30. The number of likely N-dealkylation sites (tertiary alicyclic amines) is 1. The molecule has 0 spiro atoms. The zero-order chi connectivity index (χ0) is 95.0. The Morgan fingerprint density at radius 1 is 0.581 bits per heavy atom. The molecule has 5 aromatic heterocycles. The van der Waals surface area contributed by atoms with E-state index in [-0.39, 0.29) is 98.2 Å².